The van der Waals surface area contributed by atoms with Crippen molar-refractivity contribution in [2.24, 2.45) is 11.8 Å². The van der Waals surface area contributed by atoms with Crippen LogP contribution in [0.5, 0.6) is 0 Å². The van der Waals surface area contributed by atoms with Gasteiger partial charge in [-0.15, -0.1) is 0 Å². The molecule has 0 saturated heterocycles. The molecule has 3 atom stereocenters. The molecule has 1 fully saturated rings. The SMILES string of the molecule is CC(C)(C)OC(=O)[C@@H]1C[C@H](C(=O)c2ccccc2)[C@@H](c2ccc(C(F)(F)F)cc2)C1. The van der Waals surface area contributed by atoms with Crippen LogP contribution in [0.2, 0.25) is 0 Å². The Kier molecular flexibility index (Phi) is 6.06. The Hall–Kier alpha value is -2.63. The Balaban J connectivity index is 1.90. The van der Waals surface area contributed by atoms with E-state index in [4.69, 9.17) is 4.74 Å². The minimum atomic E-state index is -4.42. The van der Waals surface area contributed by atoms with Crippen LogP contribution in [0.25, 0.3) is 0 Å². The summed E-state index contributed by atoms with van der Waals surface area (Å²) in [6, 6.07) is 13.6. The molecular formula is C24H25F3O3. The second-order valence-electron chi connectivity index (χ2n) is 8.76. The standard InChI is InChI=1S/C24H25F3O3/c1-23(2,3)30-22(29)17-13-19(15-9-11-18(12-10-15)24(25,26)27)20(14-17)21(28)16-7-5-4-6-8-16/h4-12,17,19-20H,13-14H2,1-3H3/t17-,19+,20-/m0/s1. The molecule has 0 unspecified atom stereocenters. The minimum absolute atomic E-state index is 0.105. The second kappa shape index (κ2) is 8.25. The third-order valence-corrected chi connectivity index (χ3v) is 5.36. The number of Topliss-reactive ketones (excluding diaryl/α,β-unsaturated/α-hetero) is 1. The highest BCUT2D eigenvalue weighted by Gasteiger charge is 2.44. The fraction of sp³-hybridized carbons (Fsp3) is 0.417. The van der Waals surface area contributed by atoms with Gasteiger partial charge in [-0.2, -0.15) is 13.2 Å². The highest BCUT2D eigenvalue weighted by molar-refractivity contribution is 5.99. The van der Waals surface area contributed by atoms with Crippen molar-refractivity contribution in [2.75, 3.05) is 0 Å². The summed E-state index contributed by atoms with van der Waals surface area (Å²) >= 11 is 0. The fourth-order valence-electron chi connectivity index (χ4n) is 4.01. The zero-order chi connectivity index (χ0) is 22.1. The third kappa shape index (κ3) is 5.10. The van der Waals surface area contributed by atoms with E-state index < -0.39 is 29.2 Å². The van der Waals surface area contributed by atoms with Crippen molar-refractivity contribution >= 4 is 11.8 Å². The van der Waals surface area contributed by atoms with Gasteiger partial charge in [0.2, 0.25) is 0 Å². The maximum absolute atomic E-state index is 13.2. The first kappa shape index (κ1) is 22.1. The molecule has 0 spiro atoms. The van der Waals surface area contributed by atoms with E-state index in [0.29, 0.717) is 24.0 Å². The molecule has 6 heteroatoms. The van der Waals surface area contributed by atoms with Crippen molar-refractivity contribution in [1.29, 1.82) is 0 Å². The van der Waals surface area contributed by atoms with Gasteiger partial charge in [-0.05, 0) is 57.2 Å². The zero-order valence-corrected chi connectivity index (χ0v) is 17.2. The molecule has 0 aliphatic heterocycles. The zero-order valence-electron chi connectivity index (χ0n) is 17.2. The topological polar surface area (TPSA) is 43.4 Å². The van der Waals surface area contributed by atoms with Gasteiger partial charge in [0.25, 0.3) is 0 Å². The first-order valence-corrected chi connectivity index (χ1v) is 9.95. The van der Waals surface area contributed by atoms with Crippen LogP contribution in [0.1, 0.15) is 61.0 Å². The van der Waals surface area contributed by atoms with E-state index in [-0.39, 0.29) is 17.7 Å². The molecule has 1 aliphatic carbocycles. The number of esters is 1. The monoisotopic (exact) mass is 418 g/mol. The maximum atomic E-state index is 13.2. The number of ketones is 1. The average Bonchev–Trinajstić information content (AvgIpc) is 3.12. The van der Waals surface area contributed by atoms with Crippen molar-refractivity contribution in [3.05, 3.63) is 71.3 Å². The first-order chi connectivity index (χ1) is 14.0. The molecule has 0 radical (unpaired) electrons. The van der Waals surface area contributed by atoms with Gasteiger partial charge in [0, 0.05) is 11.5 Å². The number of carbonyl (C=O) groups is 2. The number of alkyl halides is 3. The van der Waals surface area contributed by atoms with E-state index >= 15 is 0 Å². The van der Waals surface area contributed by atoms with Crippen LogP contribution in [0.3, 0.4) is 0 Å². The summed E-state index contributed by atoms with van der Waals surface area (Å²) in [5.74, 6) is -1.80. The molecule has 2 aromatic carbocycles. The van der Waals surface area contributed by atoms with Crippen molar-refractivity contribution in [3.63, 3.8) is 0 Å². The quantitative estimate of drug-likeness (QED) is 0.449. The Labute approximate surface area is 174 Å². The van der Waals surface area contributed by atoms with Crippen molar-refractivity contribution in [1.82, 2.24) is 0 Å². The first-order valence-electron chi connectivity index (χ1n) is 9.95. The number of halogens is 3. The number of ether oxygens (including phenoxy) is 1. The van der Waals surface area contributed by atoms with Crippen LogP contribution < -0.4 is 0 Å². The largest absolute Gasteiger partial charge is 0.460 e. The molecule has 2 aromatic rings. The Morgan fingerprint density at radius 1 is 0.900 bits per heavy atom. The predicted molar refractivity (Wildman–Crippen MR) is 107 cm³/mol. The summed E-state index contributed by atoms with van der Waals surface area (Å²) in [6.45, 7) is 5.33. The molecule has 3 rings (SSSR count). The van der Waals surface area contributed by atoms with Crippen LogP contribution in [-0.4, -0.2) is 17.4 Å². The molecule has 0 aromatic heterocycles. The lowest BCUT2D eigenvalue weighted by atomic mass is 9.83. The number of hydrogen-bond acceptors (Lipinski definition) is 3. The van der Waals surface area contributed by atoms with Crippen molar-refractivity contribution in [3.8, 4) is 0 Å². The normalized spacial score (nSPS) is 22.0. The molecule has 0 heterocycles. The summed E-state index contributed by atoms with van der Waals surface area (Å²) in [7, 11) is 0. The van der Waals surface area contributed by atoms with Gasteiger partial charge in [-0.1, -0.05) is 42.5 Å². The summed E-state index contributed by atoms with van der Waals surface area (Å²) in [5, 5.41) is 0. The molecular weight excluding hydrogens is 393 g/mol. The molecule has 0 bridgehead atoms. The fourth-order valence-corrected chi connectivity index (χ4v) is 4.01. The lowest BCUT2D eigenvalue weighted by Gasteiger charge is -2.22. The molecule has 1 aliphatic rings. The maximum Gasteiger partial charge on any atom is 0.416 e. The summed E-state index contributed by atoms with van der Waals surface area (Å²) in [4.78, 5) is 25.8. The van der Waals surface area contributed by atoms with Crippen LogP contribution in [0.4, 0.5) is 13.2 Å². The summed E-state index contributed by atoms with van der Waals surface area (Å²) in [5.41, 5.74) is -0.228. The van der Waals surface area contributed by atoms with Crippen LogP contribution in [0.15, 0.2) is 54.6 Å². The van der Waals surface area contributed by atoms with Crippen LogP contribution in [0, 0.1) is 11.8 Å². The van der Waals surface area contributed by atoms with Gasteiger partial charge >= 0.3 is 12.1 Å². The van der Waals surface area contributed by atoms with Gasteiger partial charge in [-0.25, -0.2) is 0 Å². The van der Waals surface area contributed by atoms with Gasteiger partial charge in [0.05, 0.1) is 11.5 Å². The van der Waals surface area contributed by atoms with E-state index in [9.17, 15) is 22.8 Å². The number of benzene rings is 2. The van der Waals surface area contributed by atoms with Gasteiger partial charge in [0.1, 0.15) is 5.60 Å². The highest BCUT2D eigenvalue weighted by Crippen LogP contribution is 2.46. The van der Waals surface area contributed by atoms with E-state index in [2.05, 4.69) is 0 Å². The Morgan fingerprint density at radius 3 is 2.03 bits per heavy atom. The average molecular weight is 418 g/mol. The van der Waals surface area contributed by atoms with Gasteiger partial charge in [0.15, 0.2) is 5.78 Å². The Morgan fingerprint density at radius 2 is 1.50 bits per heavy atom. The molecule has 30 heavy (non-hydrogen) atoms. The lowest BCUT2D eigenvalue weighted by Crippen LogP contribution is -2.28. The summed E-state index contributed by atoms with van der Waals surface area (Å²) < 4.78 is 44.3. The number of rotatable bonds is 4. The van der Waals surface area contributed by atoms with Gasteiger partial charge in [-0.3, -0.25) is 9.59 Å². The van der Waals surface area contributed by atoms with Crippen molar-refractivity contribution in [2.45, 2.75) is 51.3 Å². The highest BCUT2D eigenvalue weighted by atomic mass is 19.4. The van der Waals surface area contributed by atoms with Gasteiger partial charge < -0.3 is 4.74 Å². The molecule has 1 saturated carbocycles. The van der Waals surface area contributed by atoms with E-state index in [1.165, 1.54) is 12.1 Å². The van der Waals surface area contributed by atoms with E-state index in [0.717, 1.165) is 12.1 Å². The van der Waals surface area contributed by atoms with E-state index in [1.54, 1.807) is 45.0 Å². The Bertz CT molecular complexity index is 896. The third-order valence-electron chi connectivity index (χ3n) is 5.36. The lowest BCUT2D eigenvalue weighted by molar-refractivity contribution is -0.159. The molecule has 0 amide bonds. The number of carbonyl (C=O) groups excluding carboxylic acids is 2. The van der Waals surface area contributed by atoms with Crippen molar-refractivity contribution < 1.29 is 27.5 Å². The molecule has 160 valence electrons. The summed E-state index contributed by atoms with van der Waals surface area (Å²) in [6.07, 6.45) is -3.75. The van der Waals surface area contributed by atoms with Crippen LogP contribution in [-0.2, 0) is 15.7 Å². The smallest absolute Gasteiger partial charge is 0.416 e. The second-order valence-corrected chi connectivity index (χ2v) is 8.76. The molecule has 3 nitrogen and oxygen atoms in total. The predicted octanol–water partition coefficient (Wildman–Crippen LogP) is 6.04. The van der Waals surface area contributed by atoms with Crippen LogP contribution >= 0.6 is 0 Å². The number of hydrogen-bond donors (Lipinski definition) is 0. The minimum Gasteiger partial charge on any atom is -0.460 e. The molecule has 0 N–H and O–H groups in total. The van der Waals surface area contributed by atoms with E-state index in [1.807, 2.05) is 6.07 Å².